The van der Waals surface area contributed by atoms with Gasteiger partial charge in [-0.3, -0.25) is 0 Å². The summed E-state index contributed by atoms with van der Waals surface area (Å²) in [6, 6.07) is 0. The van der Waals surface area contributed by atoms with Gasteiger partial charge >= 0.3 is 5.97 Å². The Balaban J connectivity index is 2.81. The minimum absolute atomic E-state index is 0.135. The lowest BCUT2D eigenvalue weighted by atomic mass is 9.71. The van der Waals surface area contributed by atoms with Crippen LogP contribution in [0.3, 0.4) is 0 Å². The highest BCUT2D eigenvalue weighted by Gasteiger charge is 2.45. The summed E-state index contributed by atoms with van der Waals surface area (Å²) >= 11 is 0. The Morgan fingerprint density at radius 1 is 1.50 bits per heavy atom. The Labute approximate surface area is 72.4 Å². The van der Waals surface area contributed by atoms with Crippen LogP contribution in [0.15, 0.2) is 0 Å². The van der Waals surface area contributed by atoms with Gasteiger partial charge in [0.25, 0.3) is 0 Å². The molecule has 1 saturated carbocycles. The molecule has 0 heterocycles. The lowest BCUT2D eigenvalue weighted by molar-refractivity contribution is -0.171. The average Bonchev–Trinajstić information content (AvgIpc) is 2.00. The standard InChI is InChI=1S/C9H16O3/c1-6-4-3-5-9(12,7(6)2)8(10)11/h6-7,12H,3-5H2,1-2H3,(H,10,11). The first-order valence-corrected chi connectivity index (χ1v) is 4.44. The molecular weight excluding hydrogens is 156 g/mol. The van der Waals surface area contributed by atoms with Gasteiger partial charge in [-0.05, 0) is 24.7 Å². The van der Waals surface area contributed by atoms with Gasteiger partial charge in [0.05, 0.1) is 0 Å². The second kappa shape index (κ2) is 3.05. The highest BCUT2D eigenvalue weighted by Crippen LogP contribution is 2.37. The zero-order valence-electron chi connectivity index (χ0n) is 7.58. The smallest absolute Gasteiger partial charge is 0.335 e. The van der Waals surface area contributed by atoms with Crippen molar-refractivity contribution in [1.29, 1.82) is 0 Å². The van der Waals surface area contributed by atoms with E-state index in [2.05, 4.69) is 0 Å². The summed E-state index contributed by atoms with van der Waals surface area (Å²) < 4.78 is 0. The van der Waals surface area contributed by atoms with Crippen molar-refractivity contribution >= 4 is 5.97 Å². The van der Waals surface area contributed by atoms with E-state index in [1.165, 1.54) is 0 Å². The van der Waals surface area contributed by atoms with Crippen LogP contribution in [0.25, 0.3) is 0 Å². The summed E-state index contributed by atoms with van der Waals surface area (Å²) in [4.78, 5) is 10.8. The molecule has 0 amide bonds. The number of carbonyl (C=O) groups is 1. The van der Waals surface area contributed by atoms with Gasteiger partial charge in [0.1, 0.15) is 0 Å². The summed E-state index contributed by atoms with van der Waals surface area (Å²) in [6.45, 7) is 3.82. The Bertz CT molecular complexity index is 190. The number of carboxylic acids is 1. The number of hydrogen-bond acceptors (Lipinski definition) is 2. The molecule has 0 radical (unpaired) electrons. The van der Waals surface area contributed by atoms with Crippen molar-refractivity contribution in [2.45, 2.75) is 38.7 Å². The van der Waals surface area contributed by atoms with Crippen molar-refractivity contribution in [3.05, 3.63) is 0 Å². The van der Waals surface area contributed by atoms with Crippen LogP contribution >= 0.6 is 0 Å². The molecule has 0 aromatic heterocycles. The van der Waals surface area contributed by atoms with Crippen molar-refractivity contribution in [3.63, 3.8) is 0 Å². The molecule has 3 unspecified atom stereocenters. The van der Waals surface area contributed by atoms with Gasteiger partial charge in [0.15, 0.2) is 5.60 Å². The highest BCUT2D eigenvalue weighted by molar-refractivity contribution is 5.77. The van der Waals surface area contributed by atoms with E-state index in [1.807, 2.05) is 13.8 Å². The molecule has 3 heteroatoms. The molecule has 3 atom stereocenters. The molecule has 1 aliphatic rings. The van der Waals surface area contributed by atoms with Gasteiger partial charge in [-0.2, -0.15) is 0 Å². The molecular formula is C9H16O3. The fourth-order valence-electron chi connectivity index (χ4n) is 1.94. The van der Waals surface area contributed by atoms with Crippen LogP contribution in [-0.2, 0) is 4.79 Å². The molecule has 1 rings (SSSR count). The number of hydrogen-bond donors (Lipinski definition) is 2. The minimum Gasteiger partial charge on any atom is -0.479 e. The van der Waals surface area contributed by atoms with Crippen molar-refractivity contribution < 1.29 is 15.0 Å². The lowest BCUT2D eigenvalue weighted by Crippen LogP contribution is -2.49. The molecule has 0 bridgehead atoms. The first kappa shape index (κ1) is 9.52. The average molecular weight is 172 g/mol. The van der Waals surface area contributed by atoms with Crippen molar-refractivity contribution in [2.24, 2.45) is 11.8 Å². The molecule has 0 aliphatic heterocycles. The predicted octanol–water partition coefficient (Wildman–Crippen LogP) is 1.26. The molecule has 2 N–H and O–H groups in total. The third-order valence-electron chi connectivity index (χ3n) is 3.19. The maximum atomic E-state index is 10.8. The second-order valence-corrected chi connectivity index (χ2v) is 3.89. The molecule has 0 saturated heterocycles. The van der Waals surface area contributed by atoms with Gasteiger partial charge in [0, 0.05) is 0 Å². The Kier molecular flexibility index (Phi) is 2.42. The molecule has 0 spiro atoms. The van der Waals surface area contributed by atoms with E-state index >= 15 is 0 Å². The maximum absolute atomic E-state index is 10.8. The lowest BCUT2D eigenvalue weighted by Gasteiger charge is -2.38. The topological polar surface area (TPSA) is 57.5 Å². The fourth-order valence-corrected chi connectivity index (χ4v) is 1.94. The van der Waals surface area contributed by atoms with Crippen LogP contribution in [0.5, 0.6) is 0 Å². The van der Waals surface area contributed by atoms with E-state index in [9.17, 15) is 9.90 Å². The van der Waals surface area contributed by atoms with Gasteiger partial charge in [-0.25, -0.2) is 4.79 Å². The quantitative estimate of drug-likeness (QED) is 0.626. The largest absolute Gasteiger partial charge is 0.479 e. The summed E-state index contributed by atoms with van der Waals surface area (Å²) in [5.41, 5.74) is -1.47. The molecule has 12 heavy (non-hydrogen) atoms. The molecule has 1 aliphatic carbocycles. The third kappa shape index (κ3) is 1.33. The van der Waals surface area contributed by atoms with E-state index in [0.717, 1.165) is 12.8 Å². The van der Waals surface area contributed by atoms with Crippen LogP contribution in [0.2, 0.25) is 0 Å². The summed E-state index contributed by atoms with van der Waals surface area (Å²) in [5, 5.41) is 18.6. The Hall–Kier alpha value is -0.570. The molecule has 0 aromatic rings. The molecule has 3 nitrogen and oxygen atoms in total. The number of carboxylic acid groups (broad SMARTS) is 1. The van der Waals surface area contributed by atoms with Crippen LogP contribution in [0.1, 0.15) is 33.1 Å². The van der Waals surface area contributed by atoms with E-state index in [-0.39, 0.29) is 5.92 Å². The van der Waals surface area contributed by atoms with Crippen LogP contribution in [-0.4, -0.2) is 21.8 Å². The number of aliphatic hydroxyl groups is 1. The van der Waals surface area contributed by atoms with Gasteiger partial charge < -0.3 is 10.2 Å². The van der Waals surface area contributed by atoms with E-state index < -0.39 is 11.6 Å². The first-order valence-electron chi connectivity index (χ1n) is 4.44. The summed E-state index contributed by atoms with van der Waals surface area (Å²) in [7, 11) is 0. The van der Waals surface area contributed by atoms with E-state index in [4.69, 9.17) is 5.11 Å². The first-order chi connectivity index (χ1) is 5.48. The fraction of sp³-hybridized carbons (Fsp3) is 0.889. The predicted molar refractivity (Wildman–Crippen MR) is 44.8 cm³/mol. The van der Waals surface area contributed by atoms with E-state index in [1.54, 1.807) is 0 Å². The maximum Gasteiger partial charge on any atom is 0.335 e. The summed E-state index contributed by atoms with van der Waals surface area (Å²) in [5.74, 6) is -0.898. The van der Waals surface area contributed by atoms with Crippen LogP contribution < -0.4 is 0 Å². The van der Waals surface area contributed by atoms with Crippen molar-refractivity contribution in [1.82, 2.24) is 0 Å². The van der Waals surface area contributed by atoms with Gasteiger partial charge in [0.2, 0.25) is 0 Å². The zero-order valence-corrected chi connectivity index (χ0v) is 7.58. The minimum atomic E-state index is -1.47. The molecule has 0 aromatic carbocycles. The molecule has 70 valence electrons. The number of rotatable bonds is 1. The van der Waals surface area contributed by atoms with Gasteiger partial charge in [-0.15, -0.1) is 0 Å². The van der Waals surface area contributed by atoms with Crippen LogP contribution in [0, 0.1) is 11.8 Å². The normalized spacial score (nSPS) is 42.6. The second-order valence-electron chi connectivity index (χ2n) is 3.89. The third-order valence-corrected chi connectivity index (χ3v) is 3.19. The monoisotopic (exact) mass is 172 g/mol. The molecule has 1 fully saturated rings. The Morgan fingerprint density at radius 2 is 2.08 bits per heavy atom. The summed E-state index contributed by atoms with van der Waals surface area (Å²) in [6.07, 6.45) is 2.24. The van der Waals surface area contributed by atoms with E-state index in [0.29, 0.717) is 12.3 Å². The van der Waals surface area contributed by atoms with Crippen LogP contribution in [0.4, 0.5) is 0 Å². The van der Waals surface area contributed by atoms with Crippen molar-refractivity contribution in [2.75, 3.05) is 0 Å². The zero-order chi connectivity index (χ0) is 9.35. The van der Waals surface area contributed by atoms with Gasteiger partial charge in [-0.1, -0.05) is 20.3 Å². The highest BCUT2D eigenvalue weighted by atomic mass is 16.4. The number of aliphatic carboxylic acids is 1. The SMILES string of the molecule is CC1CCCC(O)(C(=O)O)C1C. The van der Waals surface area contributed by atoms with Crippen molar-refractivity contribution in [3.8, 4) is 0 Å². The Morgan fingerprint density at radius 3 is 2.50 bits per heavy atom.